The Bertz CT molecular complexity index is 500. The van der Waals surface area contributed by atoms with Crippen LogP contribution in [-0.4, -0.2) is 5.78 Å². The van der Waals surface area contributed by atoms with Gasteiger partial charge in [-0.15, -0.1) is 0 Å². The zero-order valence-corrected chi connectivity index (χ0v) is 9.53. The van der Waals surface area contributed by atoms with Gasteiger partial charge in [-0.3, -0.25) is 4.79 Å². The lowest BCUT2D eigenvalue weighted by Crippen LogP contribution is -2.14. The topological polar surface area (TPSA) is 17.1 Å². The molecule has 0 N–H and O–H groups in total. The molecule has 15 heavy (non-hydrogen) atoms. The van der Waals surface area contributed by atoms with E-state index < -0.39 is 0 Å². The number of carbonyl (C=O) groups is 1. The van der Waals surface area contributed by atoms with Gasteiger partial charge in [-0.25, -0.2) is 0 Å². The maximum Gasteiger partial charge on any atom is 0.200 e. The first-order chi connectivity index (χ1) is 7.36. The minimum atomic E-state index is 0.189. The summed E-state index contributed by atoms with van der Waals surface area (Å²) in [6.07, 6.45) is 2.95. The second kappa shape index (κ2) is 3.58. The van der Waals surface area contributed by atoms with E-state index in [1.807, 2.05) is 29.7 Å². The number of benzene rings is 1. The molecule has 2 aliphatic rings. The van der Waals surface area contributed by atoms with E-state index in [4.69, 9.17) is 0 Å². The lowest BCUT2D eigenvalue weighted by atomic mass is 9.90. The van der Waals surface area contributed by atoms with Gasteiger partial charge in [-0.2, -0.15) is 0 Å². The molecule has 0 amide bonds. The Morgan fingerprint density at radius 1 is 1.20 bits per heavy atom. The minimum Gasteiger partial charge on any atom is -0.288 e. The van der Waals surface area contributed by atoms with Gasteiger partial charge in [0.1, 0.15) is 0 Å². The molecule has 1 nitrogen and oxygen atoms in total. The van der Waals surface area contributed by atoms with Crippen LogP contribution in [0.4, 0.5) is 0 Å². The molecule has 74 valence electrons. The van der Waals surface area contributed by atoms with Crippen LogP contribution in [0, 0.1) is 0 Å². The first kappa shape index (κ1) is 9.31. The quantitative estimate of drug-likeness (QED) is 0.636. The highest BCUT2D eigenvalue weighted by Gasteiger charge is 2.26. The molecular formula is C12H8OS2. The predicted octanol–water partition coefficient (Wildman–Crippen LogP) is 3.59. The summed E-state index contributed by atoms with van der Waals surface area (Å²) >= 11 is 0. The Hall–Kier alpha value is -0.930. The van der Waals surface area contributed by atoms with Gasteiger partial charge in [0, 0.05) is 5.56 Å². The van der Waals surface area contributed by atoms with Crippen molar-refractivity contribution in [3.05, 3.63) is 57.4 Å². The number of fused-ring (bicyclic) bond motifs is 1. The van der Waals surface area contributed by atoms with E-state index in [0.717, 1.165) is 22.5 Å². The van der Waals surface area contributed by atoms with Crippen LogP contribution in [0.15, 0.2) is 46.2 Å². The fraction of sp³-hybridized carbons (Fsp3) is 0.0833. The molecule has 0 unspecified atom stereocenters. The maximum atomic E-state index is 12.1. The number of allylic oxidation sites excluding steroid dienone is 3. The first-order valence-corrected chi connectivity index (χ1v) is 6.93. The van der Waals surface area contributed by atoms with Crippen molar-refractivity contribution < 1.29 is 4.79 Å². The van der Waals surface area contributed by atoms with E-state index in [1.54, 1.807) is 21.6 Å². The zero-order valence-electron chi connectivity index (χ0n) is 7.90. The van der Waals surface area contributed by atoms with Crippen molar-refractivity contribution >= 4 is 27.4 Å². The zero-order chi connectivity index (χ0) is 10.3. The molecule has 0 bridgehead atoms. The third-order valence-electron chi connectivity index (χ3n) is 2.60. The van der Waals surface area contributed by atoms with Gasteiger partial charge in [0.2, 0.25) is 5.78 Å². The van der Waals surface area contributed by atoms with Crippen molar-refractivity contribution in [1.29, 1.82) is 0 Å². The minimum absolute atomic E-state index is 0.189. The Morgan fingerprint density at radius 2 is 2.07 bits per heavy atom. The molecule has 0 fully saturated rings. The summed E-state index contributed by atoms with van der Waals surface area (Å²) < 4.78 is 0. The number of hydrogen-bond donors (Lipinski definition) is 0. The third kappa shape index (κ3) is 1.46. The molecule has 0 aromatic heterocycles. The monoisotopic (exact) mass is 232 g/mol. The molecule has 3 rings (SSSR count). The van der Waals surface area contributed by atoms with Crippen molar-refractivity contribution in [2.24, 2.45) is 0 Å². The largest absolute Gasteiger partial charge is 0.288 e. The summed E-state index contributed by atoms with van der Waals surface area (Å²) in [5.74, 6) is 0.189. The maximum absolute atomic E-state index is 12.1. The summed E-state index contributed by atoms with van der Waals surface area (Å²) in [5.41, 5.74) is 3.19. The molecule has 0 atom stereocenters. The average Bonchev–Trinajstić information content (AvgIpc) is 2.30. The van der Waals surface area contributed by atoms with Gasteiger partial charge in [-0.1, -0.05) is 41.1 Å². The highest BCUT2D eigenvalue weighted by atomic mass is 33.1. The molecule has 0 spiro atoms. The van der Waals surface area contributed by atoms with Crippen LogP contribution < -0.4 is 0 Å². The fourth-order valence-corrected chi connectivity index (χ4v) is 3.84. The van der Waals surface area contributed by atoms with Gasteiger partial charge in [-0.05, 0) is 33.8 Å². The average molecular weight is 232 g/mol. The van der Waals surface area contributed by atoms with E-state index >= 15 is 0 Å². The molecule has 1 aliphatic heterocycles. The van der Waals surface area contributed by atoms with E-state index in [-0.39, 0.29) is 5.78 Å². The van der Waals surface area contributed by atoms with Crippen LogP contribution >= 0.6 is 21.6 Å². The van der Waals surface area contributed by atoms with Crippen molar-refractivity contribution in [3.63, 3.8) is 0 Å². The second-order valence-electron chi connectivity index (χ2n) is 3.50. The molecule has 0 saturated heterocycles. The molecular weight excluding hydrogens is 224 g/mol. The molecule has 1 heterocycles. The van der Waals surface area contributed by atoms with Gasteiger partial charge in [0.05, 0.1) is 4.91 Å². The fourth-order valence-electron chi connectivity index (χ4n) is 1.86. The predicted molar refractivity (Wildman–Crippen MR) is 65.8 cm³/mol. The Labute approximate surface area is 96.0 Å². The van der Waals surface area contributed by atoms with E-state index in [1.165, 1.54) is 5.57 Å². The highest BCUT2D eigenvalue weighted by Crippen LogP contribution is 2.43. The van der Waals surface area contributed by atoms with Gasteiger partial charge >= 0.3 is 0 Å². The summed E-state index contributed by atoms with van der Waals surface area (Å²) in [5, 5.41) is 2.05. The smallest absolute Gasteiger partial charge is 0.200 e. The summed E-state index contributed by atoms with van der Waals surface area (Å²) in [6, 6.07) is 7.88. The van der Waals surface area contributed by atoms with E-state index in [9.17, 15) is 4.79 Å². The Kier molecular flexibility index (Phi) is 2.22. The van der Waals surface area contributed by atoms with Crippen molar-refractivity contribution in [2.45, 2.75) is 6.42 Å². The van der Waals surface area contributed by atoms with Crippen LogP contribution in [0.25, 0.3) is 0 Å². The van der Waals surface area contributed by atoms with Crippen LogP contribution in [0.5, 0.6) is 0 Å². The van der Waals surface area contributed by atoms with Crippen LogP contribution in [0.2, 0.25) is 0 Å². The third-order valence-corrected chi connectivity index (χ3v) is 4.68. The van der Waals surface area contributed by atoms with E-state index in [0.29, 0.717) is 0 Å². The SMILES string of the molecule is O=C1C2=C(C=CSS2)Cc2ccccc21. The highest BCUT2D eigenvalue weighted by molar-refractivity contribution is 8.79. The Balaban J connectivity index is 2.15. The van der Waals surface area contributed by atoms with Crippen molar-refractivity contribution in [3.8, 4) is 0 Å². The molecule has 1 aromatic rings. The van der Waals surface area contributed by atoms with Gasteiger partial charge in [0.25, 0.3) is 0 Å². The molecule has 1 aliphatic carbocycles. The van der Waals surface area contributed by atoms with Gasteiger partial charge < -0.3 is 0 Å². The number of ketones is 1. The Morgan fingerprint density at radius 3 is 3.00 bits per heavy atom. The molecule has 3 heteroatoms. The summed E-state index contributed by atoms with van der Waals surface area (Å²) in [7, 11) is 3.20. The van der Waals surface area contributed by atoms with E-state index in [2.05, 4.69) is 6.08 Å². The van der Waals surface area contributed by atoms with Crippen molar-refractivity contribution in [1.82, 2.24) is 0 Å². The molecule has 1 aromatic carbocycles. The summed E-state index contributed by atoms with van der Waals surface area (Å²) in [4.78, 5) is 13.0. The van der Waals surface area contributed by atoms with Crippen LogP contribution in [0.3, 0.4) is 0 Å². The standard InChI is InChI=1S/C12H8OS2/c13-11-10-4-2-1-3-8(10)7-9-5-6-14-15-12(9)11/h1-6H,7H2. The number of hydrogen-bond acceptors (Lipinski definition) is 3. The van der Waals surface area contributed by atoms with Crippen LogP contribution in [-0.2, 0) is 6.42 Å². The van der Waals surface area contributed by atoms with Crippen LogP contribution in [0.1, 0.15) is 15.9 Å². The lowest BCUT2D eigenvalue weighted by Gasteiger charge is -2.21. The normalized spacial score (nSPS) is 18.8. The second-order valence-corrected chi connectivity index (χ2v) is 5.62. The first-order valence-electron chi connectivity index (χ1n) is 4.72. The number of Topliss-reactive ketones (excluding diaryl/α,β-unsaturated/α-hetero) is 1. The van der Waals surface area contributed by atoms with Crippen molar-refractivity contribution in [2.75, 3.05) is 0 Å². The summed E-state index contributed by atoms with van der Waals surface area (Å²) in [6.45, 7) is 0. The molecule has 0 saturated carbocycles. The number of rotatable bonds is 0. The lowest BCUT2D eigenvalue weighted by molar-refractivity contribution is 0.103. The molecule has 0 radical (unpaired) electrons. The van der Waals surface area contributed by atoms with Gasteiger partial charge in [0.15, 0.2) is 0 Å². The number of carbonyl (C=O) groups excluding carboxylic acids is 1.